The van der Waals surface area contributed by atoms with Crippen LogP contribution in [0.4, 0.5) is 0 Å². The average Bonchev–Trinajstić information content (AvgIpc) is 2.50. The molecular weight excluding hydrogens is 286 g/mol. The SMILES string of the molecule is CCOc1cccc(C(NC)c2ccc(Cl)c(OC)c2)c1. The van der Waals surface area contributed by atoms with Gasteiger partial charge in [0, 0.05) is 0 Å². The first-order valence-corrected chi connectivity index (χ1v) is 7.30. The summed E-state index contributed by atoms with van der Waals surface area (Å²) in [5.74, 6) is 1.55. The van der Waals surface area contributed by atoms with E-state index < -0.39 is 0 Å². The van der Waals surface area contributed by atoms with E-state index >= 15 is 0 Å². The molecule has 0 spiro atoms. The molecule has 0 heterocycles. The van der Waals surface area contributed by atoms with Crippen molar-refractivity contribution in [2.24, 2.45) is 0 Å². The van der Waals surface area contributed by atoms with Crippen LogP contribution in [0.15, 0.2) is 42.5 Å². The Morgan fingerprint density at radius 2 is 1.90 bits per heavy atom. The molecule has 21 heavy (non-hydrogen) atoms. The van der Waals surface area contributed by atoms with E-state index in [1.165, 1.54) is 0 Å². The van der Waals surface area contributed by atoms with E-state index in [9.17, 15) is 0 Å². The van der Waals surface area contributed by atoms with Crippen LogP contribution in [0.1, 0.15) is 24.1 Å². The van der Waals surface area contributed by atoms with Gasteiger partial charge >= 0.3 is 0 Å². The number of benzene rings is 2. The summed E-state index contributed by atoms with van der Waals surface area (Å²) in [6.45, 7) is 2.63. The second-order valence-electron chi connectivity index (χ2n) is 4.62. The molecule has 1 unspecified atom stereocenters. The lowest BCUT2D eigenvalue weighted by Crippen LogP contribution is -2.17. The van der Waals surface area contributed by atoms with Gasteiger partial charge in [0.15, 0.2) is 0 Å². The Kier molecular flexibility index (Phi) is 5.48. The zero-order valence-corrected chi connectivity index (χ0v) is 13.3. The van der Waals surface area contributed by atoms with Crippen molar-refractivity contribution < 1.29 is 9.47 Å². The molecule has 0 bridgehead atoms. The lowest BCUT2D eigenvalue weighted by atomic mass is 9.98. The molecule has 3 nitrogen and oxygen atoms in total. The molecule has 2 aromatic carbocycles. The first-order chi connectivity index (χ1) is 10.2. The number of hydrogen-bond donors (Lipinski definition) is 1. The van der Waals surface area contributed by atoms with Gasteiger partial charge < -0.3 is 14.8 Å². The normalized spacial score (nSPS) is 12.0. The Morgan fingerprint density at radius 3 is 2.57 bits per heavy atom. The van der Waals surface area contributed by atoms with Crippen LogP contribution in [0.5, 0.6) is 11.5 Å². The number of methoxy groups -OCH3 is 1. The van der Waals surface area contributed by atoms with Gasteiger partial charge in [-0.2, -0.15) is 0 Å². The molecule has 0 saturated carbocycles. The molecule has 0 amide bonds. The van der Waals surface area contributed by atoms with E-state index in [4.69, 9.17) is 21.1 Å². The third-order valence-electron chi connectivity index (χ3n) is 3.30. The van der Waals surface area contributed by atoms with E-state index in [1.807, 2.05) is 50.4 Å². The van der Waals surface area contributed by atoms with E-state index in [2.05, 4.69) is 11.4 Å². The molecule has 2 rings (SSSR count). The topological polar surface area (TPSA) is 30.5 Å². The average molecular weight is 306 g/mol. The Hall–Kier alpha value is -1.71. The van der Waals surface area contributed by atoms with E-state index in [0.717, 1.165) is 16.9 Å². The van der Waals surface area contributed by atoms with Crippen LogP contribution in [-0.4, -0.2) is 20.8 Å². The molecule has 0 aliphatic rings. The van der Waals surface area contributed by atoms with Gasteiger partial charge in [-0.3, -0.25) is 0 Å². The van der Waals surface area contributed by atoms with Crippen LogP contribution in [-0.2, 0) is 0 Å². The van der Waals surface area contributed by atoms with Crippen LogP contribution in [0.25, 0.3) is 0 Å². The highest BCUT2D eigenvalue weighted by Crippen LogP contribution is 2.31. The van der Waals surface area contributed by atoms with Gasteiger partial charge in [-0.15, -0.1) is 0 Å². The summed E-state index contributed by atoms with van der Waals surface area (Å²) in [5, 5.41) is 3.93. The number of halogens is 1. The summed E-state index contributed by atoms with van der Waals surface area (Å²) in [7, 11) is 3.55. The monoisotopic (exact) mass is 305 g/mol. The first kappa shape index (κ1) is 15.7. The van der Waals surface area contributed by atoms with Crippen molar-refractivity contribution in [1.29, 1.82) is 0 Å². The fourth-order valence-electron chi connectivity index (χ4n) is 2.33. The number of ether oxygens (including phenoxy) is 2. The standard InChI is InChI=1S/C17H20ClNO2/c1-4-21-14-7-5-6-12(10-14)17(19-2)13-8-9-15(18)16(11-13)20-3/h5-11,17,19H,4H2,1-3H3. The quantitative estimate of drug-likeness (QED) is 0.873. The minimum Gasteiger partial charge on any atom is -0.495 e. The first-order valence-electron chi connectivity index (χ1n) is 6.93. The Bertz CT molecular complexity index is 601. The minimum atomic E-state index is 0.0524. The van der Waals surface area contributed by atoms with Crippen molar-refractivity contribution >= 4 is 11.6 Å². The second kappa shape index (κ2) is 7.34. The van der Waals surface area contributed by atoms with Gasteiger partial charge in [0.05, 0.1) is 24.8 Å². The zero-order chi connectivity index (χ0) is 15.2. The molecule has 1 N–H and O–H groups in total. The Morgan fingerprint density at radius 1 is 1.14 bits per heavy atom. The maximum atomic E-state index is 6.09. The molecule has 1 atom stereocenters. The molecule has 2 aromatic rings. The molecule has 0 saturated heterocycles. The fraction of sp³-hybridized carbons (Fsp3) is 0.294. The largest absolute Gasteiger partial charge is 0.495 e. The third-order valence-corrected chi connectivity index (χ3v) is 3.61. The van der Waals surface area contributed by atoms with Gasteiger partial charge in [-0.1, -0.05) is 29.8 Å². The highest BCUT2D eigenvalue weighted by Gasteiger charge is 2.14. The second-order valence-corrected chi connectivity index (χ2v) is 5.03. The van der Waals surface area contributed by atoms with Crippen LogP contribution in [0.3, 0.4) is 0 Å². The van der Waals surface area contributed by atoms with Crippen LogP contribution in [0, 0.1) is 0 Å². The minimum absolute atomic E-state index is 0.0524. The van der Waals surface area contributed by atoms with Crippen molar-refractivity contribution in [1.82, 2.24) is 5.32 Å². The molecule has 0 radical (unpaired) electrons. The summed E-state index contributed by atoms with van der Waals surface area (Å²) in [4.78, 5) is 0. The Balaban J connectivity index is 2.37. The van der Waals surface area contributed by atoms with Crippen molar-refractivity contribution in [2.45, 2.75) is 13.0 Å². The Labute approximate surface area is 130 Å². The molecule has 0 fully saturated rings. The van der Waals surface area contributed by atoms with Crippen LogP contribution in [0.2, 0.25) is 5.02 Å². The summed E-state index contributed by atoms with van der Waals surface area (Å²) >= 11 is 6.09. The van der Waals surface area contributed by atoms with Crippen LogP contribution < -0.4 is 14.8 Å². The molecular formula is C17H20ClNO2. The highest BCUT2D eigenvalue weighted by molar-refractivity contribution is 6.32. The van der Waals surface area contributed by atoms with Crippen molar-refractivity contribution in [2.75, 3.05) is 20.8 Å². The zero-order valence-electron chi connectivity index (χ0n) is 12.5. The molecule has 4 heteroatoms. The molecule has 0 aliphatic heterocycles. The summed E-state index contributed by atoms with van der Waals surface area (Å²) < 4.78 is 10.9. The maximum Gasteiger partial charge on any atom is 0.137 e. The van der Waals surface area contributed by atoms with Gasteiger partial charge in [0.2, 0.25) is 0 Å². The molecule has 0 aromatic heterocycles. The van der Waals surface area contributed by atoms with Crippen LogP contribution >= 0.6 is 11.6 Å². The number of hydrogen-bond acceptors (Lipinski definition) is 3. The summed E-state index contributed by atoms with van der Waals surface area (Å²) in [6.07, 6.45) is 0. The summed E-state index contributed by atoms with van der Waals surface area (Å²) in [6, 6.07) is 13.9. The van der Waals surface area contributed by atoms with Gasteiger partial charge in [-0.25, -0.2) is 0 Å². The molecule has 0 aliphatic carbocycles. The maximum absolute atomic E-state index is 6.09. The van der Waals surface area contributed by atoms with E-state index in [-0.39, 0.29) is 6.04 Å². The van der Waals surface area contributed by atoms with Crippen molar-refractivity contribution in [3.8, 4) is 11.5 Å². The van der Waals surface area contributed by atoms with Crippen molar-refractivity contribution in [3.05, 3.63) is 58.6 Å². The predicted molar refractivity (Wildman–Crippen MR) is 86.5 cm³/mol. The third kappa shape index (κ3) is 3.69. The van der Waals surface area contributed by atoms with E-state index in [0.29, 0.717) is 17.4 Å². The van der Waals surface area contributed by atoms with Crippen molar-refractivity contribution in [3.63, 3.8) is 0 Å². The highest BCUT2D eigenvalue weighted by atomic mass is 35.5. The predicted octanol–water partition coefficient (Wildman–Crippen LogP) is 4.06. The molecule has 112 valence electrons. The lowest BCUT2D eigenvalue weighted by Gasteiger charge is -2.19. The lowest BCUT2D eigenvalue weighted by molar-refractivity contribution is 0.339. The van der Waals surface area contributed by atoms with Gasteiger partial charge in [-0.05, 0) is 49.4 Å². The smallest absolute Gasteiger partial charge is 0.137 e. The van der Waals surface area contributed by atoms with Gasteiger partial charge in [0.25, 0.3) is 0 Å². The van der Waals surface area contributed by atoms with Gasteiger partial charge in [0.1, 0.15) is 11.5 Å². The number of nitrogens with one attached hydrogen (secondary N) is 1. The fourth-order valence-corrected chi connectivity index (χ4v) is 2.53. The number of rotatable bonds is 6. The summed E-state index contributed by atoms with van der Waals surface area (Å²) in [5.41, 5.74) is 2.22. The van der Waals surface area contributed by atoms with E-state index in [1.54, 1.807) is 7.11 Å².